The van der Waals surface area contributed by atoms with E-state index in [1.165, 1.54) is 5.01 Å². The Morgan fingerprint density at radius 3 is 2.82 bits per heavy atom. The van der Waals surface area contributed by atoms with Gasteiger partial charge in [-0.25, -0.2) is 10.8 Å². The molecule has 0 aliphatic heterocycles. The molecule has 1 aromatic heterocycles. The van der Waals surface area contributed by atoms with Crippen LogP contribution >= 0.6 is 0 Å². The van der Waals surface area contributed by atoms with Crippen LogP contribution in [0.4, 0.5) is 11.5 Å². The van der Waals surface area contributed by atoms with Crippen molar-refractivity contribution in [2.75, 3.05) is 17.3 Å². The molecule has 0 bridgehead atoms. The summed E-state index contributed by atoms with van der Waals surface area (Å²) in [5, 5.41) is 1.44. The number of aromatic nitrogens is 2. The van der Waals surface area contributed by atoms with E-state index in [0.29, 0.717) is 11.5 Å². The summed E-state index contributed by atoms with van der Waals surface area (Å²) in [7, 11) is 0. The van der Waals surface area contributed by atoms with Gasteiger partial charge in [-0.3, -0.25) is 5.01 Å². The summed E-state index contributed by atoms with van der Waals surface area (Å²) in [6.07, 6.45) is 3.19. The molecule has 0 spiro atoms. The van der Waals surface area contributed by atoms with Crippen LogP contribution in [0.1, 0.15) is 11.1 Å². The first kappa shape index (κ1) is 15.6. The third-order valence-corrected chi connectivity index (χ3v) is 2.96. The second-order valence-corrected chi connectivity index (χ2v) is 4.96. The quantitative estimate of drug-likeness (QED) is 0.561. The number of benzene rings is 1. The van der Waals surface area contributed by atoms with Gasteiger partial charge in [-0.2, -0.15) is 4.98 Å². The summed E-state index contributed by atoms with van der Waals surface area (Å²) in [5.74, 6) is 6.33. The van der Waals surface area contributed by atoms with Crippen LogP contribution in [0, 0.1) is 13.8 Å². The maximum absolute atomic E-state index is 5.95. The first-order valence-electron chi connectivity index (χ1n) is 6.74. The van der Waals surface area contributed by atoms with Crippen LogP contribution in [-0.4, -0.2) is 16.6 Å². The van der Waals surface area contributed by atoms with E-state index in [0.717, 1.165) is 16.8 Å². The highest BCUT2D eigenvalue weighted by Crippen LogP contribution is 2.14. The summed E-state index contributed by atoms with van der Waals surface area (Å²) in [6, 6.07) is 7.94. The van der Waals surface area contributed by atoms with Crippen LogP contribution in [0.25, 0.3) is 0 Å². The minimum atomic E-state index is 0.113. The molecule has 0 unspecified atom stereocenters. The Morgan fingerprint density at radius 1 is 1.36 bits per heavy atom. The monoisotopic (exact) mass is 300 g/mol. The molecule has 0 saturated carbocycles. The molecule has 1 heterocycles. The lowest BCUT2D eigenvalue weighted by atomic mass is 10.2. The standard InChI is InChI=1S/C15H20N6O/c1-10-4-3-5-13(6-10)21(18)8-12(16)9-22-15-19-7-11(2)14(17)20-15/h3-8H,9,16,18H2,1-2H3,(H2,17,19,20)/b12-8-. The maximum Gasteiger partial charge on any atom is 0.318 e. The van der Waals surface area contributed by atoms with E-state index in [1.54, 1.807) is 12.4 Å². The number of rotatable bonds is 5. The van der Waals surface area contributed by atoms with E-state index in [4.69, 9.17) is 22.0 Å². The van der Waals surface area contributed by atoms with Crippen LogP contribution in [0.15, 0.2) is 42.4 Å². The average molecular weight is 300 g/mol. The molecule has 0 amide bonds. The lowest BCUT2D eigenvalue weighted by molar-refractivity contribution is 0.322. The van der Waals surface area contributed by atoms with E-state index in [2.05, 4.69) is 9.97 Å². The SMILES string of the molecule is Cc1cccc(N(N)/C=C(\N)COc2ncc(C)c(N)n2)c1. The molecule has 116 valence electrons. The molecule has 7 heteroatoms. The Hall–Kier alpha value is -2.80. The van der Waals surface area contributed by atoms with Gasteiger partial charge in [0, 0.05) is 18.0 Å². The van der Waals surface area contributed by atoms with E-state index in [-0.39, 0.29) is 12.6 Å². The van der Waals surface area contributed by atoms with Crippen molar-refractivity contribution in [3.05, 3.63) is 53.5 Å². The molecule has 2 aromatic rings. The van der Waals surface area contributed by atoms with Gasteiger partial charge >= 0.3 is 6.01 Å². The number of anilines is 2. The molecule has 0 aliphatic carbocycles. The van der Waals surface area contributed by atoms with Crippen LogP contribution in [0.3, 0.4) is 0 Å². The second-order valence-electron chi connectivity index (χ2n) is 4.96. The number of hydrogen-bond acceptors (Lipinski definition) is 7. The summed E-state index contributed by atoms with van der Waals surface area (Å²) in [4.78, 5) is 8.03. The largest absolute Gasteiger partial charge is 0.457 e. The van der Waals surface area contributed by atoms with Gasteiger partial charge in [0.15, 0.2) is 0 Å². The molecule has 0 aliphatic rings. The Kier molecular flexibility index (Phi) is 4.80. The van der Waals surface area contributed by atoms with Crippen molar-refractivity contribution in [1.82, 2.24) is 9.97 Å². The molecular formula is C15H20N6O. The third-order valence-electron chi connectivity index (χ3n) is 2.96. The molecule has 0 atom stereocenters. The van der Waals surface area contributed by atoms with Gasteiger partial charge < -0.3 is 16.2 Å². The second kappa shape index (κ2) is 6.77. The van der Waals surface area contributed by atoms with Crippen molar-refractivity contribution in [2.24, 2.45) is 11.6 Å². The fraction of sp³-hybridized carbons (Fsp3) is 0.200. The molecule has 22 heavy (non-hydrogen) atoms. The molecular weight excluding hydrogens is 280 g/mol. The summed E-state index contributed by atoms with van der Waals surface area (Å²) in [6.45, 7) is 3.93. The van der Waals surface area contributed by atoms with E-state index in [1.807, 2.05) is 38.1 Å². The van der Waals surface area contributed by atoms with Crippen molar-refractivity contribution in [2.45, 2.75) is 13.8 Å². The Bertz CT molecular complexity index is 685. The van der Waals surface area contributed by atoms with Crippen molar-refractivity contribution in [1.29, 1.82) is 0 Å². The number of ether oxygens (including phenoxy) is 1. The number of nitrogens with two attached hydrogens (primary N) is 3. The summed E-state index contributed by atoms with van der Waals surface area (Å²) < 4.78 is 5.39. The number of hydrazine groups is 1. The van der Waals surface area contributed by atoms with Gasteiger partial charge in [-0.15, -0.1) is 0 Å². The first-order chi connectivity index (χ1) is 10.5. The zero-order valence-corrected chi connectivity index (χ0v) is 12.7. The van der Waals surface area contributed by atoms with Crippen molar-refractivity contribution < 1.29 is 4.74 Å². The van der Waals surface area contributed by atoms with Gasteiger partial charge in [-0.1, -0.05) is 12.1 Å². The lowest BCUT2D eigenvalue weighted by Gasteiger charge is -2.15. The number of hydrogen-bond donors (Lipinski definition) is 3. The third kappa shape index (κ3) is 4.10. The first-order valence-corrected chi connectivity index (χ1v) is 6.74. The normalized spacial score (nSPS) is 11.3. The predicted molar refractivity (Wildman–Crippen MR) is 86.8 cm³/mol. The van der Waals surface area contributed by atoms with Crippen LogP contribution < -0.4 is 27.1 Å². The van der Waals surface area contributed by atoms with Crippen LogP contribution in [0.5, 0.6) is 6.01 Å². The molecule has 1 aromatic carbocycles. The Morgan fingerprint density at radius 2 is 2.14 bits per heavy atom. The molecule has 7 nitrogen and oxygen atoms in total. The molecule has 0 saturated heterocycles. The van der Waals surface area contributed by atoms with Gasteiger partial charge in [0.2, 0.25) is 0 Å². The number of nitrogens with zero attached hydrogens (tertiary/aromatic N) is 3. The summed E-state index contributed by atoms with van der Waals surface area (Å²) in [5.41, 5.74) is 14.8. The molecule has 2 rings (SSSR count). The number of aryl methyl sites for hydroxylation is 2. The summed E-state index contributed by atoms with van der Waals surface area (Å²) >= 11 is 0. The molecule has 0 radical (unpaired) electrons. The van der Waals surface area contributed by atoms with Crippen molar-refractivity contribution in [3.8, 4) is 6.01 Å². The minimum absolute atomic E-state index is 0.113. The highest BCUT2D eigenvalue weighted by molar-refractivity contribution is 5.49. The zero-order chi connectivity index (χ0) is 16.1. The lowest BCUT2D eigenvalue weighted by Crippen LogP contribution is -2.27. The highest BCUT2D eigenvalue weighted by Gasteiger charge is 2.04. The average Bonchev–Trinajstić information content (AvgIpc) is 2.48. The Labute approximate surface area is 129 Å². The van der Waals surface area contributed by atoms with Crippen LogP contribution in [0.2, 0.25) is 0 Å². The van der Waals surface area contributed by atoms with Gasteiger partial charge in [-0.05, 0) is 31.5 Å². The molecule has 6 N–H and O–H groups in total. The Balaban J connectivity index is 1.98. The van der Waals surface area contributed by atoms with E-state index in [9.17, 15) is 0 Å². The zero-order valence-electron chi connectivity index (χ0n) is 12.7. The predicted octanol–water partition coefficient (Wildman–Crippen LogP) is 1.23. The maximum atomic E-state index is 5.95. The van der Waals surface area contributed by atoms with E-state index < -0.39 is 0 Å². The number of nitrogen functional groups attached to an aromatic ring is 1. The molecule has 0 fully saturated rings. The smallest absolute Gasteiger partial charge is 0.318 e. The van der Waals surface area contributed by atoms with E-state index >= 15 is 0 Å². The van der Waals surface area contributed by atoms with Gasteiger partial charge in [0.05, 0.1) is 11.4 Å². The fourth-order valence-corrected chi connectivity index (χ4v) is 1.73. The van der Waals surface area contributed by atoms with Crippen molar-refractivity contribution >= 4 is 11.5 Å². The van der Waals surface area contributed by atoms with Crippen molar-refractivity contribution in [3.63, 3.8) is 0 Å². The topological polar surface area (TPSA) is 116 Å². The van der Waals surface area contributed by atoms with Gasteiger partial charge in [0.25, 0.3) is 0 Å². The highest BCUT2D eigenvalue weighted by atomic mass is 16.5. The van der Waals surface area contributed by atoms with Crippen LogP contribution in [-0.2, 0) is 0 Å². The van der Waals surface area contributed by atoms with Gasteiger partial charge in [0.1, 0.15) is 12.4 Å². The minimum Gasteiger partial charge on any atom is -0.457 e. The fourth-order valence-electron chi connectivity index (χ4n) is 1.73.